The third-order valence-electron chi connectivity index (χ3n) is 4.32. The molecular weight excluding hydrogens is 232 g/mol. The van der Waals surface area contributed by atoms with Crippen LogP contribution in [0.3, 0.4) is 0 Å². The first-order chi connectivity index (χ1) is 9.33. The molecule has 2 nitrogen and oxygen atoms in total. The zero-order chi connectivity index (χ0) is 13.8. The highest BCUT2D eigenvalue weighted by atomic mass is 15.4. The third-order valence-corrected chi connectivity index (χ3v) is 4.32. The molecule has 0 aliphatic carbocycles. The molecule has 0 aromatic carbocycles. The summed E-state index contributed by atoms with van der Waals surface area (Å²) in [6.07, 6.45) is 15.9. The highest BCUT2D eigenvalue weighted by Gasteiger charge is 2.14. The van der Waals surface area contributed by atoms with Crippen molar-refractivity contribution in [3.05, 3.63) is 0 Å². The Kier molecular flexibility index (Phi) is 10.5. The lowest BCUT2D eigenvalue weighted by Crippen LogP contribution is -2.24. The Hall–Kier alpha value is -0.0800. The minimum absolute atomic E-state index is 1.19. The van der Waals surface area contributed by atoms with Gasteiger partial charge in [0.1, 0.15) is 0 Å². The van der Waals surface area contributed by atoms with Crippen LogP contribution in [0.5, 0.6) is 0 Å². The standard InChI is InChI=1S/C17H36N2/c1-3-4-5-6-7-8-9-10-11-12-13-14-19-16-15-18(2)17-19/h3-17H2,1-2H3. The van der Waals surface area contributed by atoms with E-state index in [9.17, 15) is 0 Å². The summed E-state index contributed by atoms with van der Waals surface area (Å²) in [6, 6.07) is 0. The molecule has 0 atom stereocenters. The van der Waals surface area contributed by atoms with E-state index in [0.29, 0.717) is 0 Å². The van der Waals surface area contributed by atoms with Crippen LogP contribution >= 0.6 is 0 Å². The van der Waals surface area contributed by atoms with Gasteiger partial charge >= 0.3 is 0 Å². The first-order valence-corrected chi connectivity index (χ1v) is 8.74. The first-order valence-electron chi connectivity index (χ1n) is 8.74. The van der Waals surface area contributed by atoms with Crippen molar-refractivity contribution < 1.29 is 0 Å². The Labute approximate surface area is 121 Å². The Bertz CT molecular complexity index is 194. The van der Waals surface area contributed by atoms with Gasteiger partial charge in [0.15, 0.2) is 0 Å². The Morgan fingerprint density at radius 3 is 1.68 bits per heavy atom. The van der Waals surface area contributed by atoms with Crippen molar-refractivity contribution in [2.24, 2.45) is 0 Å². The summed E-state index contributed by atoms with van der Waals surface area (Å²) in [5.41, 5.74) is 0. The van der Waals surface area contributed by atoms with E-state index in [4.69, 9.17) is 0 Å². The van der Waals surface area contributed by atoms with Gasteiger partial charge in [-0.25, -0.2) is 0 Å². The van der Waals surface area contributed by atoms with Gasteiger partial charge in [-0.2, -0.15) is 0 Å². The van der Waals surface area contributed by atoms with Gasteiger partial charge in [-0.05, 0) is 20.0 Å². The molecule has 1 heterocycles. The van der Waals surface area contributed by atoms with E-state index < -0.39 is 0 Å². The molecule has 1 aliphatic rings. The van der Waals surface area contributed by atoms with Gasteiger partial charge in [0.25, 0.3) is 0 Å². The normalized spacial score (nSPS) is 17.4. The number of unbranched alkanes of at least 4 members (excludes halogenated alkanes) is 10. The van der Waals surface area contributed by atoms with Crippen LogP contribution in [0.1, 0.15) is 77.6 Å². The van der Waals surface area contributed by atoms with Gasteiger partial charge in [0.05, 0.1) is 6.67 Å². The van der Waals surface area contributed by atoms with Gasteiger partial charge in [-0.15, -0.1) is 0 Å². The molecule has 1 saturated heterocycles. The van der Waals surface area contributed by atoms with Crippen molar-refractivity contribution in [2.75, 3.05) is 33.4 Å². The van der Waals surface area contributed by atoms with E-state index in [0.717, 1.165) is 0 Å². The molecule has 19 heavy (non-hydrogen) atoms. The molecule has 0 aromatic rings. The van der Waals surface area contributed by atoms with E-state index in [1.165, 1.54) is 96.9 Å². The molecule has 1 aliphatic heterocycles. The maximum absolute atomic E-state index is 2.59. The first kappa shape index (κ1) is 17.0. The Morgan fingerprint density at radius 1 is 0.684 bits per heavy atom. The quantitative estimate of drug-likeness (QED) is 0.481. The highest BCUT2D eigenvalue weighted by Crippen LogP contribution is 2.12. The summed E-state index contributed by atoms with van der Waals surface area (Å²) in [5, 5.41) is 0. The number of rotatable bonds is 12. The van der Waals surface area contributed by atoms with Crippen LogP contribution in [0.2, 0.25) is 0 Å². The molecule has 114 valence electrons. The summed E-state index contributed by atoms with van der Waals surface area (Å²) >= 11 is 0. The van der Waals surface area contributed by atoms with Gasteiger partial charge in [0.2, 0.25) is 0 Å². The minimum Gasteiger partial charge on any atom is -0.292 e. The van der Waals surface area contributed by atoms with Gasteiger partial charge < -0.3 is 0 Å². The summed E-state index contributed by atoms with van der Waals surface area (Å²) < 4.78 is 0. The maximum Gasteiger partial charge on any atom is 0.0504 e. The molecule has 0 amide bonds. The Morgan fingerprint density at radius 2 is 1.21 bits per heavy atom. The monoisotopic (exact) mass is 268 g/mol. The van der Waals surface area contributed by atoms with E-state index in [-0.39, 0.29) is 0 Å². The number of hydrogen-bond donors (Lipinski definition) is 0. The summed E-state index contributed by atoms with van der Waals surface area (Å²) in [7, 11) is 2.22. The molecule has 0 saturated carbocycles. The lowest BCUT2D eigenvalue weighted by atomic mass is 10.1. The second kappa shape index (κ2) is 11.7. The fourth-order valence-electron chi connectivity index (χ4n) is 2.98. The average Bonchev–Trinajstić information content (AvgIpc) is 2.82. The third kappa shape index (κ3) is 9.45. The van der Waals surface area contributed by atoms with Gasteiger partial charge in [-0.1, -0.05) is 71.1 Å². The molecule has 1 fully saturated rings. The van der Waals surface area contributed by atoms with Crippen molar-refractivity contribution in [3.63, 3.8) is 0 Å². The molecule has 1 rings (SSSR count). The maximum atomic E-state index is 2.59. The van der Waals surface area contributed by atoms with Crippen LogP contribution in [-0.4, -0.2) is 43.2 Å². The minimum atomic E-state index is 1.19. The Balaban J connectivity index is 1.72. The summed E-state index contributed by atoms with van der Waals surface area (Å²) in [6.45, 7) is 7.35. The number of nitrogens with zero attached hydrogens (tertiary/aromatic N) is 2. The van der Waals surface area contributed by atoms with Crippen molar-refractivity contribution >= 4 is 0 Å². The average molecular weight is 268 g/mol. The molecule has 0 bridgehead atoms. The van der Waals surface area contributed by atoms with E-state index in [2.05, 4.69) is 23.8 Å². The van der Waals surface area contributed by atoms with Crippen molar-refractivity contribution in [3.8, 4) is 0 Å². The fourth-order valence-corrected chi connectivity index (χ4v) is 2.98. The zero-order valence-electron chi connectivity index (χ0n) is 13.5. The van der Waals surface area contributed by atoms with E-state index in [1.54, 1.807) is 0 Å². The van der Waals surface area contributed by atoms with Gasteiger partial charge in [-0.3, -0.25) is 9.80 Å². The fraction of sp³-hybridized carbons (Fsp3) is 1.00. The van der Waals surface area contributed by atoms with Crippen molar-refractivity contribution in [1.82, 2.24) is 9.80 Å². The smallest absolute Gasteiger partial charge is 0.0504 e. The second-order valence-corrected chi connectivity index (χ2v) is 6.37. The molecule has 0 radical (unpaired) electrons. The van der Waals surface area contributed by atoms with E-state index in [1.807, 2.05) is 0 Å². The topological polar surface area (TPSA) is 6.48 Å². The van der Waals surface area contributed by atoms with Crippen LogP contribution in [0.4, 0.5) is 0 Å². The zero-order valence-corrected chi connectivity index (χ0v) is 13.5. The van der Waals surface area contributed by atoms with Gasteiger partial charge in [0, 0.05) is 13.1 Å². The summed E-state index contributed by atoms with van der Waals surface area (Å²) in [5.74, 6) is 0. The molecule has 0 N–H and O–H groups in total. The number of hydrogen-bond acceptors (Lipinski definition) is 2. The second-order valence-electron chi connectivity index (χ2n) is 6.37. The van der Waals surface area contributed by atoms with Crippen LogP contribution in [0.15, 0.2) is 0 Å². The molecule has 0 spiro atoms. The lowest BCUT2D eigenvalue weighted by molar-refractivity contribution is 0.269. The molecule has 0 aromatic heterocycles. The van der Waals surface area contributed by atoms with Crippen LogP contribution in [0, 0.1) is 0 Å². The van der Waals surface area contributed by atoms with Crippen LogP contribution in [-0.2, 0) is 0 Å². The van der Waals surface area contributed by atoms with Crippen LogP contribution < -0.4 is 0 Å². The predicted molar refractivity (Wildman–Crippen MR) is 85.5 cm³/mol. The largest absolute Gasteiger partial charge is 0.292 e. The summed E-state index contributed by atoms with van der Waals surface area (Å²) in [4.78, 5) is 5.01. The molecular formula is C17H36N2. The highest BCUT2D eigenvalue weighted by molar-refractivity contribution is 4.67. The van der Waals surface area contributed by atoms with Crippen molar-refractivity contribution in [2.45, 2.75) is 77.6 Å². The van der Waals surface area contributed by atoms with E-state index >= 15 is 0 Å². The predicted octanol–water partition coefficient (Wildman–Crippen LogP) is 4.50. The molecule has 0 unspecified atom stereocenters. The van der Waals surface area contributed by atoms with Crippen molar-refractivity contribution in [1.29, 1.82) is 0 Å². The van der Waals surface area contributed by atoms with Crippen LogP contribution in [0.25, 0.3) is 0 Å². The molecule has 2 heteroatoms. The SMILES string of the molecule is CCCCCCCCCCCCCN1CCN(C)C1. The number of likely N-dealkylation sites (N-methyl/N-ethyl adjacent to an activating group) is 1. The lowest BCUT2D eigenvalue weighted by Gasteiger charge is -2.14.